The lowest BCUT2D eigenvalue weighted by atomic mass is 10.1. The van der Waals surface area contributed by atoms with E-state index >= 15 is 0 Å². The van der Waals surface area contributed by atoms with Crippen LogP contribution in [0.25, 0.3) is 21.6 Å². The minimum absolute atomic E-state index is 0.239. The fraction of sp³-hybridized carbons (Fsp3) is 0.0952. The predicted molar refractivity (Wildman–Crippen MR) is 123 cm³/mol. The average Bonchev–Trinajstić information content (AvgIpc) is 3.31. The second kappa shape index (κ2) is 8.52. The maximum absolute atomic E-state index is 12.1. The van der Waals surface area contributed by atoms with Gasteiger partial charge in [-0.3, -0.25) is 10.1 Å². The summed E-state index contributed by atoms with van der Waals surface area (Å²) in [5.74, 6) is 0.464. The van der Waals surface area contributed by atoms with Gasteiger partial charge in [0.25, 0.3) is 0 Å². The van der Waals surface area contributed by atoms with Crippen LogP contribution in [0.2, 0.25) is 0 Å². The number of anilines is 1. The van der Waals surface area contributed by atoms with E-state index < -0.39 is 0 Å². The predicted octanol–water partition coefficient (Wildman–Crippen LogP) is 4.00. The Bertz CT molecular complexity index is 1260. The second-order valence-electron chi connectivity index (χ2n) is 6.57. The maximum atomic E-state index is 12.1. The number of hydrogen-bond acceptors (Lipinski definition) is 6. The molecule has 9 heteroatoms. The van der Waals surface area contributed by atoms with Crippen LogP contribution in [0, 0.1) is 13.8 Å². The van der Waals surface area contributed by atoms with Gasteiger partial charge in [0.05, 0.1) is 0 Å². The minimum Gasteiger partial charge on any atom is -0.332 e. The summed E-state index contributed by atoms with van der Waals surface area (Å²) in [6.45, 7) is 3.84. The van der Waals surface area contributed by atoms with Gasteiger partial charge in [0.2, 0.25) is 10.9 Å². The van der Waals surface area contributed by atoms with Gasteiger partial charge in [0, 0.05) is 17.3 Å². The van der Waals surface area contributed by atoms with E-state index in [1.54, 1.807) is 10.6 Å². The Kier molecular flexibility index (Phi) is 5.64. The van der Waals surface area contributed by atoms with Gasteiger partial charge in [0.1, 0.15) is 5.01 Å². The molecule has 4 rings (SSSR count). The van der Waals surface area contributed by atoms with Crippen LogP contribution in [0.5, 0.6) is 0 Å². The molecule has 0 fully saturated rings. The number of aromatic nitrogens is 4. The molecule has 0 radical (unpaired) electrons. The molecule has 0 spiro atoms. The summed E-state index contributed by atoms with van der Waals surface area (Å²) in [4.78, 5) is 12.8. The molecule has 2 N–H and O–H groups in total. The number of benzene rings is 2. The molecular formula is C21H18N6OS2. The molecule has 0 saturated heterocycles. The van der Waals surface area contributed by atoms with Crippen molar-refractivity contribution in [3.05, 3.63) is 71.6 Å². The van der Waals surface area contributed by atoms with E-state index in [-0.39, 0.29) is 11.0 Å². The lowest BCUT2D eigenvalue weighted by Gasteiger charge is -2.11. The Balaban J connectivity index is 1.41. The van der Waals surface area contributed by atoms with E-state index in [1.807, 2.05) is 62.4 Å². The number of nitrogens with zero attached hydrogens (tertiary/aromatic N) is 4. The smallest absolute Gasteiger partial charge is 0.250 e. The van der Waals surface area contributed by atoms with Crippen LogP contribution in [0.3, 0.4) is 0 Å². The van der Waals surface area contributed by atoms with Gasteiger partial charge in [-0.1, -0.05) is 41.7 Å². The van der Waals surface area contributed by atoms with Gasteiger partial charge in [-0.2, -0.15) is 9.61 Å². The Morgan fingerprint density at radius 2 is 1.93 bits per heavy atom. The van der Waals surface area contributed by atoms with Crippen molar-refractivity contribution in [2.75, 3.05) is 5.32 Å². The SMILES string of the molecule is Cc1cc(-c2nn3c(C)nnc3s2)ccc1NC(=S)NC(=O)C=Cc1ccccc1. The van der Waals surface area contributed by atoms with Crippen molar-refractivity contribution < 1.29 is 4.79 Å². The van der Waals surface area contributed by atoms with E-state index in [1.165, 1.54) is 17.4 Å². The number of thiocarbonyl (C=S) groups is 1. The molecule has 2 heterocycles. The summed E-state index contributed by atoms with van der Waals surface area (Å²) in [7, 11) is 0. The second-order valence-corrected chi connectivity index (χ2v) is 7.93. The average molecular weight is 435 g/mol. The Hall–Kier alpha value is -3.43. The first kappa shape index (κ1) is 19.9. The number of carbonyl (C=O) groups is 1. The van der Waals surface area contributed by atoms with Crippen LogP contribution in [0.4, 0.5) is 5.69 Å². The van der Waals surface area contributed by atoms with Crippen molar-refractivity contribution in [3.8, 4) is 10.6 Å². The number of fused-ring (bicyclic) bond motifs is 1. The molecule has 7 nitrogen and oxygen atoms in total. The zero-order valence-corrected chi connectivity index (χ0v) is 17.9. The first-order valence-electron chi connectivity index (χ1n) is 9.14. The van der Waals surface area contributed by atoms with Crippen LogP contribution in [-0.4, -0.2) is 30.8 Å². The van der Waals surface area contributed by atoms with E-state index in [0.29, 0.717) is 0 Å². The number of rotatable bonds is 4. The third-order valence-electron chi connectivity index (χ3n) is 4.33. The fourth-order valence-electron chi connectivity index (χ4n) is 2.81. The summed E-state index contributed by atoms with van der Waals surface area (Å²) in [6, 6.07) is 15.5. The third-order valence-corrected chi connectivity index (χ3v) is 5.48. The van der Waals surface area contributed by atoms with Gasteiger partial charge >= 0.3 is 0 Å². The van der Waals surface area contributed by atoms with Gasteiger partial charge in [-0.05, 0) is 61.5 Å². The minimum atomic E-state index is -0.291. The normalized spacial score (nSPS) is 11.1. The van der Waals surface area contributed by atoms with Crippen molar-refractivity contribution >= 4 is 51.3 Å². The summed E-state index contributed by atoms with van der Waals surface area (Å²) < 4.78 is 1.73. The first-order chi connectivity index (χ1) is 14.5. The van der Waals surface area contributed by atoms with Crippen LogP contribution < -0.4 is 10.6 Å². The molecular weight excluding hydrogens is 416 g/mol. The number of aryl methyl sites for hydroxylation is 2. The summed E-state index contributed by atoms with van der Waals surface area (Å²) in [5.41, 5.74) is 3.72. The lowest BCUT2D eigenvalue weighted by molar-refractivity contribution is -0.115. The van der Waals surface area contributed by atoms with Crippen molar-refractivity contribution in [2.24, 2.45) is 0 Å². The first-order valence-corrected chi connectivity index (χ1v) is 10.4. The summed E-state index contributed by atoms with van der Waals surface area (Å²) in [5, 5.41) is 19.5. The van der Waals surface area contributed by atoms with Gasteiger partial charge < -0.3 is 5.32 Å². The standard InChI is InChI=1S/C21H18N6OS2/c1-13-12-16(19-26-27-14(2)24-25-21(27)30-19)9-10-17(13)22-20(29)23-18(28)11-8-15-6-4-3-5-7-15/h3-12H,1-2H3,(H2,22,23,28,29). The molecule has 150 valence electrons. The van der Waals surface area contributed by atoms with Gasteiger partial charge in [0.15, 0.2) is 10.9 Å². The number of nitrogens with one attached hydrogen (secondary N) is 2. The lowest BCUT2D eigenvalue weighted by Crippen LogP contribution is -2.33. The quantitative estimate of drug-likeness (QED) is 0.373. The van der Waals surface area contributed by atoms with Gasteiger partial charge in [-0.25, -0.2) is 0 Å². The van der Waals surface area contributed by atoms with Crippen molar-refractivity contribution in [1.29, 1.82) is 0 Å². The Labute approximate surface area is 182 Å². The molecule has 0 saturated carbocycles. The molecule has 0 aliphatic rings. The van der Waals surface area contributed by atoms with Crippen LogP contribution >= 0.6 is 23.6 Å². The maximum Gasteiger partial charge on any atom is 0.250 e. The number of amides is 1. The number of carbonyl (C=O) groups excluding carboxylic acids is 1. The highest BCUT2D eigenvalue weighted by molar-refractivity contribution is 7.80. The van der Waals surface area contributed by atoms with Crippen molar-refractivity contribution in [2.45, 2.75) is 13.8 Å². The third kappa shape index (κ3) is 4.42. The molecule has 4 aromatic rings. The highest BCUT2D eigenvalue weighted by atomic mass is 32.1. The largest absolute Gasteiger partial charge is 0.332 e. The monoisotopic (exact) mass is 434 g/mol. The number of hydrogen-bond donors (Lipinski definition) is 2. The van der Waals surface area contributed by atoms with Crippen molar-refractivity contribution in [3.63, 3.8) is 0 Å². The topological polar surface area (TPSA) is 84.2 Å². The summed E-state index contributed by atoms with van der Waals surface area (Å²) >= 11 is 6.75. The van der Waals surface area contributed by atoms with Crippen LogP contribution in [0.15, 0.2) is 54.6 Å². The molecule has 0 bridgehead atoms. The molecule has 0 unspecified atom stereocenters. The molecule has 2 aromatic carbocycles. The van der Waals surface area contributed by atoms with E-state index in [4.69, 9.17) is 12.2 Å². The highest BCUT2D eigenvalue weighted by Crippen LogP contribution is 2.28. The van der Waals surface area contributed by atoms with E-state index in [2.05, 4.69) is 25.9 Å². The molecule has 30 heavy (non-hydrogen) atoms. The van der Waals surface area contributed by atoms with E-state index in [9.17, 15) is 4.79 Å². The Morgan fingerprint density at radius 3 is 2.67 bits per heavy atom. The van der Waals surface area contributed by atoms with Crippen LogP contribution in [-0.2, 0) is 4.79 Å². The van der Waals surface area contributed by atoms with Crippen molar-refractivity contribution in [1.82, 2.24) is 25.1 Å². The molecule has 1 amide bonds. The zero-order chi connectivity index (χ0) is 21.1. The van der Waals surface area contributed by atoms with Gasteiger partial charge in [-0.15, -0.1) is 10.2 Å². The fourth-order valence-corrected chi connectivity index (χ4v) is 3.90. The molecule has 0 atom stereocenters. The highest BCUT2D eigenvalue weighted by Gasteiger charge is 2.12. The zero-order valence-electron chi connectivity index (χ0n) is 16.3. The molecule has 2 aromatic heterocycles. The van der Waals surface area contributed by atoms with E-state index in [0.717, 1.165) is 38.2 Å². The molecule has 0 aliphatic heterocycles. The Morgan fingerprint density at radius 1 is 1.13 bits per heavy atom. The molecule has 0 aliphatic carbocycles. The summed E-state index contributed by atoms with van der Waals surface area (Å²) in [6.07, 6.45) is 3.19. The van der Waals surface area contributed by atoms with Crippen LogP contribution in [0.1, 0.15) is 17.0 Å².